The molecule has 0 spiro atoms. The molecule has 6 nitrogen and oxygen atoms in total. The van der Waals surface area contributed by atoms with Crippen LogP contribution in [0.2, 0.25) is 0 Å². The lowest BCUT2D eigenvalue weighted by Crippen LogP contribution is -2.42. The van der Waals surface area contributed by atoms with Gasteiger partial charge in [0.05, 0.1) is 12.7 Å². The third-order valence-corrected chi connectivity index (χ3v) is 4.98. The second-order valence-corrected chi connectivity index (χ2v) is 7.50. The molecule has 2 aromatic rings. The molecule has 1 aromatic carbocycles. The van der Waals surface area contributed by atoms with Gasteiger partial charge in [-0.2, -0.15) is 0 Å². The highest BCUT2D eigenvalue weighted by atomic mass is 32.1. The number of benzene rings is 1. The standard InChI is InChI=1S/C20H24N2O4S/c1-12(2)10-15(20(25)26-4)21-18(24)16-13(3)11-27-19(16)22-17(23)14-8-6-5-7-9-14/h5-9,11-12,15H,10H2,1-4H3,(H,21,24)(H,22,23). The molecule has 0 bridgehead atoms. The number of ether oxygens (including phenoxy) is 1. The van der Waals surface area contributed by atoms with Crippen molar-refractivity contribution in [2.24, 2.45) is 5.92 Å². The van der Waals surface area contributed by atoms with Crippen LogP contribution in [-0.2, 0) is 9.53 Å². The number of anilines is 1. The third kappa shape index (κ3) is 5.40. The number of hydrogen-bond acceptors (Lipinski definition) is 5. The molecule has 0 aliphatic heterocycles. The minimum absolute atomic E-state index is 0.204. The maximum atomic E-state index is 12.8. The van der Waals surface area contributed by atoms with E-state index in [0.717, 1.165) is 5.56 Å². The molecule has 2 N–H and O–H groups in total. The van der Waals surface area contributed by atoms with Crippen molar-refractivity contribution in [1.82, 2.24) is 5.32 Å². The molecule has 27 heavy (non-hydrogen) atoms. The quantitative estimate of drug-likeness (QED) is 0.710. The maximum Gasteiger partial charge on any atom is 0.328 e. The number of nitrogens with one attached hydrogen (secondary N) is 2. The largest absolute Gasteiger partial charge is 0.467 e. The average Bonchev–Trinajstić information content (AvgIpc) is 3.01. The minimum atomic E-state index is -0.737. The first-order valence-electron chi connectivity index (χ1n) is 8.66. The van der Waals surface area contributed by atoms with Gasteiger partial charge in [0.15, 0.2) is 0 Å². The molecule has 7 heteroatoms. The summed E-state index contributed by atoms with van der Waals surface area (Å²) in [4.78, 5) is 37.2. The number of carbonyl (C=O) groups is 3. The molecule has 0 aliphatic carbocycles. The Morgan fingerprint density at radius 1 is 1.11 bits per heavy atom. The van der Waals surface area contributed by atoms with Crippen LogP contribution in [0.3, 0.4) is 0 Å². The van der Waals surface area contributed by atoms with E-state index in [1.165, 1.54) is 18.4 Å². The van der Waals surface area contributed by atoms with Crippen molar-refractivity contribution in [3.05, 3.63) is 52.4 Å². The smallest absolute Gasteiger partial charge is 0.328 e. The normalized spacial score (nSPS) is 11.7. The summed E-state index contributed by atoms with van der Waals surface area (Å²) in [7, 11) is 1.29. The van der Waals surface area contributed by atoms with Crippen LogP contribution >= 0.6 is 11.3 Å². The molecule has 0 aliphatic rings. The molecular formula is C20H24N2O4S. The van der Waals surface area contributed by atoms with E-state index in [1.54, 1.807) is 36.6 Å². The van der Waals surface area contributed by atoms with Crippen LogP contribution in [0.5, 0.6) is 0 Å². The molecule has 0 saturated carbocycles. The van der Waals surface area contributed by atoms with Crippen molar-refractivity contribution in [3.8, 4) is 0 Å². The SMILES string of the molecule is COC(=O)C(CC(C)C)NC(=O)c1c(C)csc1NC(=O)c1ccccc1. The molecule has 1 unspecified atom stereocenters. The first-order valence-corrected chi connectivity index (χ1v) is 9.54. The van der Waals surface area contributed by atoms with Gasteiger partial charge in [-0.3, -0.25) is 9.59 Å². The van der Waals surface area contributed by atoms with Gasteiger partial charge in [0, 0.05) is 5.56 Å². The van der Waals surface area contributed by atoms with Gasteiger partial charge in [-0.1, -0.05) is 32.0 Å². The summed E-state index contributed by atoms with van der Waals surface area (Å²) in [5, 5.41) is 7.77. The van der Waals surface area contributed by atoms with Gasteiger partial charge < -0.3 is 15.4 Å². The van der Waals surface area contributed by atoms with Crippen LogP contribution in [0.1, 0.15) is 46.5 Å². The number of methoxy groups -OCH3 is 1. The van der Waals surface area contributed by atoms with E-state index in [4.69, 9.17) is 4.74 Å². The van der Waals surface area contributed by atoms with Gasteiger partial charge in [0.1, 0.15) is 11.0 Å². The fraction of sp³-hybridized carbons (Fsp3) is 0.350. The number of esters is 1. The predicted molar refractivity (Wildman–Crippen MR) is 106 cm³/mol. The molecule has 0 saturated heterocycles. The molecule has 1 heterocycles. The zero-order chi connectivity index (χ0) is 20.0. The van der Waals surface area contributed by atoms with E-state index in [2.05, 4.69) is 10.6 Å². The fourth-order valence-electron chi connectivity index (χ4n) is 2.64. The zero-order valence-electron chi connectivity index (χ0n) is 15.9. The summed E-state index contributed by atoms with van der Waals surface area (Å²) in [6, 6.07) is 8.03. The Hall–Kier alpha value is -2.67. The summed E-state index contributed by atoms with van der Waals surface area (Å²) in [6.07, 6.45) is 0.466. The Kier molecular flexibility index (Phi) is 7.12. The number of hydrogen-bond donors (Lipinski definition) is 2. The number of rotatable bonds is 7. The van der Waals surface area contributed by atoms with Crippen LogP contribution < -0.4 is 10.6 Å². The summed E-state index contributed by atoms with van der Waals surface area (Å²) in [5.41, 5.74) is 1.60. The summed E-state index contributed by atoms with van der Waals surface area (Å²) in [5.74, 6) is -0.985. The molecule has 2 rings (SSSR count). The highest BCUT2D eigenvalue weighted by Crippen LogP contribution is 2.28. The molecule has 144 valence electrons. The Bertz CT molecular complexity index is 815. The highest BCUT2D eigenvalue weighted by molar-refractivity contribution is 7.15. The van der Waals surface area contributed by atoms with Gasteiger partial charge in [-0.25, -0.2) is 4.79 Å². The van der Waals surface area contributed by atoms with E-state index in [-0.39, 0.29) is 11.8 Å². The second kappa shape index (κ2) is 9.32. The summed E-state index contributed by atoms with van der Waals surface area (Å²) >= 11 is 1.27. The molecule has 1 atom stereocenters. The van der Waals surface area contributed by atoms with E-state index in [1.807, 2.05) is 19.9 Å². The number of aryl methyl sites for hydroxylation is 1. The van der Waals surface area contributed by atoms with E-state index in [9.17, 15) is 14.4 Å². The van der Waals surface area contributed by atoms with Gasteiger partial charge in [-0.15, -0.1) is 11.3 Å². The molecular weight excluding hydrogens is 364 g/mol. The van der Waals surface area contributed by atoms with Gasteiger partial charge in [0.2, 0.25) is 0 Å². The van der Waals surface area contributed by atoms with Crippen molar-refractivity contribution in [3.63, 3.8) is 0 Å². The molecule has 0 radical (unpaired) electrons. The fourth-order valence-corrected chi connectivity index (χ4v) is 3.58. The van der Waals surface area contributed by atoms with Gasteiger partial charge >= 0.3 is 5.97 Å². The van der Waals surface area contributed by atoms with Crippen molar-refractivity contribution < 1.29 is 19.1 Å². The maximum absolute atomic E-state index is 12.8. The molecule has 2 amide bonds. The van der Waals surface area contributed by atoms with Crippen LogP contribution in [-0.4, -0.2) is 30.9 Å². The average molecular weight is 388 g/mol. The van der Waals surface area contributed by atoms with Crippen molar-refractivity contribution in [2.45, 2.75) is 33.2 Å². The van der Waals surface area contributed by atoms with Crippen molar-refractivity contribution in [2.75, 3.05) is 12.4 Å². The Morgan fingerprint density at radius 2 is 1.78 bits per heavy atom. The number of thiophene rings is 1. The van der Waals surface area contributed by atoms with E-state index < -0.39 is 17.9 Å². The van der Waals surface area contributed by atoms with Crippen LogP contribution in [0.4, 0.5) is 5.00 Å². The molecule has 1 aromatic heterocycles. The van der Waals surface area contributed by atoms with Crippen LogP contribution in [0, 0.1) is 12.8 Å². The first-order chi connectivity index (χ1) is 12.8. The molecule has 0 fully saturated rings. The second-order valence-electron chi connectivity index (χ2n) is 6.62. The van der Waals surface area contributed by atoms with Crippen molar-refractivity contribution in [1.29, 1.82) is 0 Å². The first kappa shape index (κ1) is 20.6. The number of amides is 2. The highest BCUT2D eigenvalue weighted by Gasteiger charge is 2.26. The summed E-state index contributed by atoms with van der Waals surface area (Å²) in [6.45, 7) is 5.71. The van der Waals surface area contributed by atoms with E-state index in [0.29, 0.717) is 22.5 Å². The van der Waals surface area contributed by atoms with Gasteiger partial charge in [0.25, 0.3) is 11.8 Å². The lowest BCUT2D eigenvalue weighted by molar-refractivity contribution is -0.143. The number of carbonyl (C=O) groups excluding carboxylic acids is 3. The van der Waals surface area contributed by atoms with Crippen LogP contribution in [0.15, 0.2) is 35.7 Å². The van der Waals surface area contributed by atoms with Crippen molar-refractivity contribution >= 4 is 34.1 Å². The minimum Gasteiger partial charge on any atom is -0.467 e. The summed E-state index contributed by atoms with van der Waals surface area (Å²) < 4.78 is 4.79. The Morgan fingerprint density at radius 3 is 2.37 bits per heavy atom. The predicted octanol–water partition coefficient (Wildman–Crippen LogP) is 3.63. The van der Waals surface area contributed by atoms with Crippen LogP contribution in [0.25, 0.3) is 0 Å². The van der Waals surface area contributed by atoms with E-state index >= 15 is 0 Å². The lowest BCUT2D eigenvalue weighted by atomic mass is 10.0. The van der Waals surface area contributed by atoms with Gasteiger partial charge in [-0.05, 0) is 42.3 Å². The Labute approximate surface area is 162 Å². The monoisotopic (exact) mass is 388 g/mol. The zero-order valence-corrected chi connectivity index (χ0v) is 16.7. The topological polar surface area (TPSA) is 84.5 Å². The Balaban J connectivity index is 2.20. The third-order valence-electron chi connectivity index (χ3n) is 3.96. The lowest BCUT2D eigenvalue weighted by Gasteiger charge is -2.19.